The van der Waals surface area contributed by atoms with E-state index >= 15 is 0 Å². The molecule has 1 aliphatic heterocycles. The summed E-state index contributed by atoms with van der Waals surface area (Å²) < 4.78 is 32.6. The highest BCUT2D eigenvalue weighted by molar-refractivity contribution is 7.87. The van der Waals surface area contributed by atoms with Crippen molar-refractivity contribution in [2.24, 2.45) is 0 Å². The maximum atomic E-state index is 11.8. The van der Waals surface area contributed by atoms with Crippen LogP contribution in [0.2, 0.25) is 0 Å². The average Bonchev–Trinajstić information content (AvgIpc) is 2.76. The fourth-order valence-corrected chi connectivity index (χ4v) is 3.15. The Balaban J connectivity index is 2.44. The van der Waals surface area contributed by atoms with E-state index < -0.39 is 22.3 Å². The minimum atomic E-state index is -3.49. The van der Waals surface area contributed by atoms with Crippen molar-refractivity contribution in [1.82, 2.24) is 9.03 Å². The van der Waals surface area contributed by atoms with Crippen LogP contribution in [0.1, 0.15) is 26.7 Å². The van der Waals surface area contributed by atoms with Crippen LogP contribution < -0.4 is 4.72 Å². The number of aliphatic carboxylic acids is 1. The minimum absolute atomic E-state index is 0.114. The Hall–Kier alpha value is -0.700. The molecule has 1 saturated heterocycles. The van der Waals surface area contributed by atoms with Gasteiger partial charge in [-0.25, -0.2) is 4.79 Å². The van der Waals surface area contributed by atoms with E-state index in [0.717, 1.165) is 0 Å². The molecular weight excluding hydrogens is 260 g/mol. The molecule has 106 valence electrons. The summed E-state index contributed by atoms with van der Waals surface area (Å²) in [4.78, 5) is 10.7. The number of hydrogen-bond acceptors (Lipinski definition) is 4. The number of carboxylic acid groups (broad SMARTS) is 1. The molecule has 8 heteroatoms. The topological polar surface area (TPSA) is 95.9 Å². The van der Waals surface area contributed by atoms with Crippen LogP contribution >= 0.6 is 0 Å². The molecule has 1 aliphatic rings. The van der Waals surface area contributed by atoms with E-state index in [0.29, 0.717) is 25.9 Å². The molecule has 0 radical (unpaired) electrons. The summed E-state index contributed by atoms with van der Waals surface area (Å²) in [6, 6.07) is 0. The van der Waals surface area contributed by atoms with E-state index in [1.807, 2.05) is 0 Å². The highest BCUT2D eigenvalue weighted by Gasteiger charge is 2.31. The Morgan fingerprint density at radius 2 is 2.00 bits per heavy atom. The second-order valence-corrected chi connectivity index (χ2v) is 5.86. The fraction of sp³-hybridized carbons (Fsp3) is 0.900. The first-order valence-corrected chi connectivity index (χ1v) is 7.47. The minimum Gasteiger partial charge on any atom is -0.479 e. The quantitative estimate of drug-likeness (QED) is 0.673. The van der Waals surface area contributed by atoms with Crippen LogP contribution in [0, 0.1) is 0 Å². The van der Waals surface area contributed by atoms with Gasteiger partial charge in [0.1, 0.15) is 0 Å². The molecule has 0 saturated carbocycles. The third-order valence-corrected chi connectivity index (χ3v) is 4.65. The van der Waals surface area contributed by atoms with Crippen molar-refractivity contribution in [3.8, 4) is 0 Å². The van der Waals surface area contributed by atoms with Crippen LogP contribution in [0.5, 0.6) is 0 Å². The molecule has 18 heavy (non-hydrogen) atoms. The maximum Gasteiger partial charge on any atom is 0.332 e. The zero-order chi connectivity index (χ0) is 13.8. The van der Waals surface area contributed by atoms with Crippen LogP contribution in [-0.4, -0.2) is 55.6 Å². The lowest BCUT2D eigenvalue weighted by Crippen LogP contribution is -2.43. The fourth-order valence-electron chi connectivity index (χ4n) is 1.89. The zero-order valence-electron chi connectivity index (χ0n) is 10.6. The number of hydrogen-bond donors (Lipinski definition) is 2. The van der Waals surface area contributed by atoms with Gasteiger partial charge in [0.05, 0.1) is 6.10 Å². The summed E-state index contributed by atoms with van der Waals surface area (Å²) in [6.07, 6.45) is -0.200. The van der Waals surface area contributed by atoms with Gasteiger partial charge in [-0.3, -0.25) is 0 Å². The van der Waals surface area contributed by atoms with Crippen molar-refractivity contribution in [2.75, 3.05) is 19.6 Å². The molecule has 7 nitrogen and oxygen atoms in total. The van der Waals surface area contributed by atoms with Crippen molar-refractivity contribution in [3.63, 3.8) is 0 Å². The van der Waals surface area contributed by atoms with Gasteiger partial charge in [-0.2, -0.15) is 17.4 Å². The highest BCUT2D eigenvalue weighted by atomic mass is 32.2. The lowest BCUT2D eigenvalue weighted by atomic mass is 10.2. The van der Waals surface area contributed by atoms with Gasteiger partial charge in [0.2, 0.25) is 0 Å². The van der Waals surface area contributed by atoms with Crippen molar-refractivity contribution < 1.29 is 23.1 Å². The van der Waals surface area contributed by atoms with Crippen LogP contribution in [0.3, 0.4) is 0 Å². The summed E-state index contributed by atoms with van der Waals surface area (Å²) in [5.74, 6) is -0.996. The summed E-state index contributed by atoms with van der Waals surface area (Å²) in [5.41, 5.74) is 0. The van der Waals surface area contributed by atoms with E-state index in [9.17, 15) is 13.2 Å². The van der Waals surface area contributed by atoms with E-state index in [1.54, 1.807) is 13.8 Å². The Labute approximate surface area is 107 Å². The van der Waals surface area contributed by atoms with Gasteiger partial charge >= 0.3 is 5.97 Å². The van der Waals surface area contributed by atoms with Gasteiger partial charge in [-0.15, -0.1) is 0 Å². The van der Waals surface area contributed by atoms with Crippen LogP contribution in [0.25, 0.3) is 0 Å². The molecule has 0 aromatic rings. The van der Waals surface area contributed by atoms with E-state index in [-0.39, 0.29) is 12.6 Å². The smallest absolute Gasteiger partial charge is 0.332 e. The van der Waals surface area contributed by atoms with Crippen LogP contribution in [0.15, 0.2) is 0 Å². The molecule has 1 fully saturated rings. The summed E-state index contributed by atoms with van der Waals surface area (Å²) in [7, 11) is -3.49. The predicted molar refractivity (Wildman–Crippen MR) is 65.4 cm³/mol. The third-order valence-electron chi connectivity index (χ3n) is 2.92. The van der Waals surface area contributed by atoms with Crippen molar-refractivity contribution in [1.29, 1.82) is 0 Å². The molecule has 1 rings (SSSR count). The third kappa shape index (κ3) is 3.91. The molecule has 0 aliphatic carbocycles. The number of carbonyl (C=O) groups is 1. The Morgan fingerprint density at radius 1 is 1.39 bits per heavy atom. The lowest BCUT2D eigenvalue weighted by molar-refractivity contribution is -0.149. The SMILES string of the molecule is CCN(CC)S(=O)(=O)NCC1CCC(C(=O)O)O1. The molecule has 2 atom stereocenters. The molecule has 0 bridgehead atoms. The molecule has 2 unspecified atom stereocenters. The highest BCUT2D eigenvalue weighted by Crippen LogP contribution is 2.19. The molecule has 0 aromatic heterocycles. The number of nitrogens with one attached hydrogen (secondary N) is 1. The van der Waals surface area contributed by atoms with Gasteiger partial charge in [-0.05, 0) is 12.8 Å². The summed E-state index contributed by atoms with van der Waals surface area (Å²) in [6.45, 7) is 4.43. The molecular formula is C10H20N2O5S. The molecule has 1 heterocycles. The number of ether oxygens (including phenoxy) is 1. The van der Waals surface area contributed by atoms with Crippen molar-refractivity contribution in [3.05, 3.63) is 0 Å². The van der Waals surface area contributed by atoms with Crippen molar-refractivity contribution in [2.45, 2.75) is 38.9 Å². The van der Waals surface area contributed by atoms with Gasteiger partial charge in [0.25, 0.3) is 10.2 Å². The largest absolute Gasteiger partial charge is 0.479 e. The second kappa shape index (κ2) is 6.46. The Morgan fingerprint density at radius 3 is 2.44 bits per heavy atom. The van der Waals surface area contributed by atoms with Gasteiger partial charge in [0, 0.05) is 19.6 Å². The Kier molecular flexibility index (Phi) is 5.51. The van der Waals surface area contributed by atoms with Gasteiger partial charge in [-0.1, -0.05) is 13.8 Å². The standard InChI is InChI=1S/C10H20N2O5S/c1-3-12(4-2)18(15,16)11-7-8-5-6-9(17-8)10(13)14/h8-9,11H,3-7H2,1-2H3,(H,13,14). The summed E-state index contributed by atoms with van der Waals surface area (Å²) in [5, 5.41) is 8.75. The first-order valence-electron chi connectivity index (χ1n) is 6.03. The lowest BCUT2D eigenvalue weighted by Gasteiger charge is -2.20. The monoisotopic (exact) mass is 280 g/mol. The molecule has 0 spiro atoms. The van der Waals surface area contributed by atoms with Crippen LogP contribution in [0.4, 0.5) is 0 Å². The first kappa shape index (κ1) is 15.4. The number of rotatable bonds is 7. The van der Waals surface area contributed by atoms with Gasteiger partial charge in [0.15, 0.2) is 6.10 Å². The molecule has 0 aromatic carbocycles. The number of carboxylic acids is 1. The van der Waals surface area contributed by atoms with E-state index in [2.05, 4.69) is 4.72 Å². The van der Waals surface area contributed by atoms with E-state index in [1.165, 1.54) is 4.31 Å². The van der Waals surface area contributed by atoms with Gasteiger partial charge < -0.3 is 9.84 Å². The molecule has 2 N–H and O–H groups in total. The van der Waals surface area contributed by atoms with E-state index in [4.69, 9.17) is 9.84 Å². The molecule has 0 amide bonds. The Bertz CT molecular complexity index is 380. The first-order chi connectivity index (χ1) is 8.40. The normalized spacial score (nSPS) is 24.6. The maximum absolute atomic E-state index is 11.8. The van der Waals surface area contributed by atoms with Crippen LogP contribution in [-0.2, 0) is 19.7 Å². The second-order valence-electron chi connectivity index (χ2n) is 4.10. The predicted octanol–water partition coefficient (Wildman–Crippen LogP) is -0.205. The number of nitrogens with zero attached hydrogens (tertiary/aromatic N) is 1. The van der Waals surface area contributed by atoms with Crippen molar-refractivity contribution >= 4 is 16.2 Å². The summed E-state index contributed by atoms with van der Waals surface area (Å²) >= 11 is 0. The average molecular weight is 280 g/mol. The zero-order valence-corrected chi connectivity index (χ0v) is 11.4.